The molecule has 1 amide bonds. The fraction of sp³-hybridized carbons (Fsp3) is 0.562. The summed E-state index contributed by atoms with van der Waals surface area (Å²) >= 11 is 0. The van der Waals surface area contributed by atoms with Gasteiger partial charge in [0.15, 0.2) is 0 Å². The molecule has 4 nitrogen and oxygen atoms in total. The number of amides is 1. The first-order chi connectivity index (χ1) is 9.53. The monoisotopic (exact) mass is 275 g/mol. The number of hydrogen-bond donors (Lipinski definition) is 2. The van der Waals surface area contributed by atoms with Crippen molar-refractivity contribution in [2.24, 2.45) is 5.41 Å². The van der Waals surface area contributed by atoms with Gasteiger partial charge < -0.3 is 10.6 Å². The molecule has 1 aliphatic heterocycles. The number of anilines is 1. The van der Waals surface area contributed by atoms with Crippen LogP contribution in [0.25, 0.3) is 0 Å². The third-order valence-corrected chi connectivity index (χ3v) is 3.93. The molecule has 0 aliphatic carbocycles. The normalized spacial score (nSPS) is 16.0. The van der Waals surface area contributed by atoms with Crippen molar-refractivity contribution in [3.63, 3.8) is 0 Å². The zero-order valence-electron chi connectivity index (χ0n) is 12.6. The Hall–Kier alpha value is -1.39. The van der Waals surface area contributed by atoms with Crippen LogP contribution in [0.2, 0.25) is 0 Å². The second-order valence-corrected chi connectivity index (χ2v) is 6.08. The molecular formula is C16H25N3O. The number of likely N-dealkylation sites (N-methyl/N-ethyl adjacent to an activating group) is 1. The maximum absolute atomic E-state index is 12.5. The zero-order valence-corrected chi connectivity index (χ0v) is 12.6. The Kier molecular flexibility index (Phi) is 4.78. The summed E-state index contributed by atoms with van der Waals surface area (Å²) < 4.78 is 0. The number of benzene rings is 1. The maximum Gasteiger partial charge on any atom is 0.231 e. The van der Waals surface area contributed by atoms with E-state index in [0.717, 1.165) is 31.9 Å². The number of nitrogens with zero attached hydrogens (tertiary/aromatic N) is 1. The molecule has 0 radical (unpaired) electrons. The molecule has 2 N–H and O–H groups in total. The first kappa shape index (κ1) is 15.0. The summed E-state index contributed by atoms with van der Waals surface area (Å²) in [6.45, 7) is 10.0. The maximum atomic E-state index is 12.5. The fourth-order valence-electron chi connectivity index (χ4n) is 2.43. The summed E-state index contributed by atoms with van der Waals surface area (Å²) in [5, 5.41) is 6.29. The van der Waals surface area contributed by atoms with Crippen molar-refractivity contribution in [2.75, 3.05) is 31.5 Å². The Morgan fingerprint density at radius 1 is 1.35 bits per heavy atom. The summed E-state index contributed by atoms with van der Waals surface area (Å²) in [5.41, 5.74) is 0.459. The molecular weight excluding hydrogens is 250 g/mol. The highest BCUT2D eigenvalue weighted by atomic mass is 16.2. The summed E-state index contributed by atoms with van der Waals surface area (Å²) in [4.78, 5) is 14.9. The molecule has 1 aromatic carbocycles. The predicted molar refractivity (Wildman–Crippen MR) is 82.8 cm³/mol. The second kappa shape index (κ2) is 6.37. The largest absolute Gasteiger partial charge is 0.326 e. The lowest BCUT2D eigenvalue weighted by Crippen LogP contribution is -2.59. The lowest BCUT2D eigenvalue weighted by molar-refractivity contribution is -0.125. The fourth-order valence-corrected chi connectivity index (χ4v) is 2.43. The lowest BCUT2D eigenvalue weighted by atomic mass is 9.90. The highest BCUT2D eigenvalue weighted by molar-refractivity contribution is 5.94. The van der Waals surface area contributed by atoms with E-state index in [1.54, 1.807) is 0 Å². The van der Waals surface area contributed by atoms with Gasteiger partial charge in [0.1, 0.15) is 0 Å². The molecule has 20 heavy (non-hydrogen) atoms. The standard InChI is InChI=1S/C16H25N3O/c1-4-19(14-10-17-11-14)12-16(2,3)15(20)18-13-8-6-5-7-9-13/h5-9,14,17H,4,10-12H2,1-3H3,(H,18,20). The summed E-state index contributed by atoms with van der Waals surface area (Å²) in [5.74, 6) is 0.0782. The molecule has 0 unspecified atom stereocenters. The first-order valence-corrected chi connectivity index (χ1v) is 7.34. The first-order valence-electron chi connectivity index (χ1n) is 7.34. The number of carbonyl (C=O) groups excluding carboxylic acids is 1. The number of carbonyl (C=O) groups is 1. The molecule has 110 valence electrons. The van der Waals surface area contributed by atoms with Crippen molar-refractivity contribution < 1.29 is 4.79 Å². The topological polar surface area (TPSA) is 44.4 Å². The van der Waals surface area contributed by atoms with Crippen LogP contribution >= 0.6 is 0 Å². The van der Waals surface area contributed by atoms with Crippen LogP contribution in [-0.2, 0) is 4.79 Å². The Morgan fingerprint density at radius 2 is 2.00 bits per heavy atom. The van der Waals surface area contributed by atoms with Gasteiger partial charge in [0.25, 0.3) is 0 Å². The summed E-state index contributed by atoms with van der Waals surface area (Å²) in [6.07, 6.45) is 0. The van der Waals surface area contributed by atoms with Crippen LogP contribution in [-0.4, -0.2) is 43.0 Å². The van der Waals surface area contributed by atoms with Crippen LogP contribution in [0.3, 0.4) is 0 Å². The molecule has 0 atom stereocenters. The number of rotatable bonds is 6. The molecule has 4 heteroatoms. The van der Waals surface area contributed by atoms with Gasteiger partial charge in [-0.25, -0.2) is 0 Å². The van der Waals surface area contributed by atoms with Crippen molar-refractivity contribution in [1.82, 2.24) is 10.2 Å². The van der Waals surface area contributed by atoms with Gasteiger partial charge in [-0.15, -0.1) is 0 Å². The minimum absolute atomic E-state index is 0.0782. The van der Waals surface area contributed by atoms with Gasteiger partial charge in [-0.2, -0.15) is 0 Å². The summed E-state index contributed by atoms with van der Waals surface area (Å²) in [7, 11) is 0. The average Bonchev–Trinajstić information content (AvgIpc) is 2.36. The van der Waals surface area contributed by atoms with E-state index in [2.05, 4.69) is 22.5 Å². The van der Waals surface area contributed by atoms with Crippen LogP contribution in [0.15, 0.2) is 30.3 Å². The molecule has 2 rings (SSSR count). The third-order valence-electron chi connectivity index (χ3n) is 3.93. The van der Waals surface area contributed by atoms with Crippen molar-refractivity contribution in [2.45, 2.75) is 26.8 Å². The van der Waals surface area contributed by atoms with Gasteiger partial charge in [-0.05, 0) is 32.5 Å². The van der Waals surface area contributed by atoms with Gasteiger partial charge >= 0.3 is 0 Å². The zero-order chi connectivity index (χ0) is 14.6. The molecule has 0 spiro atoms. The SMILES string of the molecule is CCN(CC(C)(C)C(=O)Nc1ccccc1)C1CNC1. The number of hydrogen-bond acceptors (Lipinski definition) is 3. The second-order valence-electron chi connectivity index (χ2n) is 6.08. The van der Waals surface area contributed by atoms with Gasteiger partial charge in [0.2, 0.25) is 5.91 Å². The van der Waals surface area contributed by atoms with Crippen LogP contribution in [0.1, 0.15) is 20.8 Å². The van der Waals surface area contributed by atoms with Crippen molar-refractivity contribution >= 4 is 11.6 Å². The lowest BCUT2D eigenvalue weighted by Gasteiger charge is -2.41. The van der Waals surface area contributed by atoms with E-state index in [9.17, 15) is 4.79 Å². The van der Waals surface area contributed by atoms with Gasteiger partial charge in [-0.3, -0.25) is 9.69 Å². The Balaban J connectivity index is 1.95. The van der Waals surface area contributed by atoms with Crippen molar-refractivity contribution in [1.29, 1.82) is 0 Å². The van der Waals surface area contributed by atoms with E-state index in [-0.39, 0.29) is 5.91 Å². The minimum atomic E-state index is -0.401. The predicted octanol–water partition coefficient (Wildman–Crippen LogP) is 1.94. The minimum Gasteiger partial charge on any atom is -0.326 e. The number of nitrogens with one attached hydrogen (secondary N) is 2. The Bertz CT molecular complexity index is 440. The van der Waals surface area contributed by atoms with Crippen molar-refractivity contribution in [3.05, 3.63) is 30.3 Å². The smallest absolute Gasteiger partial charge is 0.231 e. The summed E-state index contributed by atoms with van der Waals surface area (Å²) in [6, 6.07) is 10.2. The van der Waals surface area contributed by atoms with Crippen LogP contribution in [0.5, 0.6) is 0 Å². The van der Waals surface area contributed by atoms with Crippen LogP contribution < -0.4 is 10.6 Å². The van der Waals surface area contributed by atoms with E-state index in [4.69, 9.17) is 0 Å². The van der Waals surface area contributed by atoms with Gasteiger partial charge in [-0.1, -0.05) is 25.1 Å². The average molecular weight is 275 g/mol. The van der Waals surface area contributed by atoms with Crippen molar-refractivity contribution in [3.8, 4) is 0 Å². The van der Waals surface area contributed by atoms with E-state index in [1.165, 1.54) is 0 Å². The van der Waals surface area contributed by atoms with E-state index < -0.39 is 5.41 Å². The highest BCUT2D eigenvalue weighted by Crippen LogP contribution is 2.22. The van der Waals surface area contributed by atoms with Gasteiger partial charge in [0.05, 0.1) is 5.41 Å². The molecule has 1 saturated heterocycles. The molecule has 1 heterocycles. The quantitative estimate of drug-likeness (QED) is 0.834. The molecule has 1 fully saturated rings. The van der Waals surface area contributed by atoms with E-state index in [0.29, 0.717) is 6.04 Å². The molecule has 0 aromatic heterocycles. The van der Waals surface area contributed by atoms with Crippen LogP contribution in [0.4, 0.5) is 5.69 Å². The van der Waals surface area contributed by atoms with E-state index in [1.807, 2.05) is 44.2 Å². The Labute approximate surface area is 121 Å². The third kappa shape index (κ3) is 3.58. The molecule has 1 aromatic rings. The van der Waals surface area contributed by atoms with E-state index >= 15 is 0 Å². The molecule has 0 saturated carbocycles. The van der Waals surface area contributed by atoms with Gasteiger partial charge in [0, 0.05) is 31.4 Å². The number of para-hydroxylation sites is 1. The molecule has 1 aliphatic rings. The molecule has 0 bridgehead atoms. The van der Waals surface area contributed by atoms with Crippen LogP contribution in [0, 0.1) is 5.41 Å². The highest BCUT2D eigenvalue weighted by Gasteiger charge is 2.33. The Morgan fingerprint density at radius 3 is 2.50 bits per heavy atom.